The molecule has 1 nitrogen and oxygen atoms in total. The van der Waals surface area contributed by atoms with Crippen LogP contribution in [0.4, 0.5) is 0 Å². The molecule has 0 aromatic heterocycles. The molecule has 0 aliphatic rings. The summed E-state index contributed by atoms with van der Waals surface area (Å²) >= 11 is 0. The van der Waals surface area contributed by atoms with Crippen molar-refractivity contribution in [3.8, 4) is 0 Å². The van der Waals surface area contributed by atoms with E-state index < -0.39 is 0 Å². The Morgan fingerprint density at radius 1 is 1.00 bits per heavy atom. The molecule has 0 unspecified atom stereocenters. The predicted octanol–water partition coefficient (Wildman–Crippen LogP) is -1.77. The van der Waals surface area contributed by atoms with Crippen LogP contribution in [0.3, 0.4) is 0 Å². The fraction of sp³-hybridized carbons (Fsp3) is 0.545. The standard InChI is InChI=1S/C5H5.C3H8N.C3H9Si.2ClH.V/c1-2-4-5-3-1;1-3(2)4;1-4(2)3;;;/h1-5H;3-4H,1-2H3;1-3H3;2*1H;/q2*-1;;;;+4/p-2. The van der Waals surface area contributed by atoms with E-state index in [2.05, 4.69) is 19.6 Å². The van der Waals surface area contributed by atoms with Crippen LogP contribution >= 0.6 is 0 Å². The Kier molecular flexibility index (Phi) is 46.6. The summed E-state index contributed by atoms with van der Waals surface area (Å²) < 4.78 is 0. The molecule has 1 aromatic carbocycles. The van der Waals surface area contributed by atoms with E-state index in [1.54, 1.807) is 0 Å². The van der Waals surface area contributed by atoms with Gasteiger partial charge in [-0.2, -0.15) is 18.2 Å². The van der Waals surface area contributed by atoms with Gasteiger partial charge in [-0.15, -0.1) is 6.04 Å². The largest absolute Gasteiger partial charge is 4.00 e. The van der Waals surface area contributed by atoms with Crippen LogP contribution in [0.15, 0.2) is 30.3 Å². The number of rotatable bonds is 0. The quantitative estimate of drug-likeness (QED) is 0.399. The summed E-state index contributed by atoms with van der Waals surface area (Å²) in [5.74, 6) is 0. The molecule has 2 radical (unpaired) electrons. The Morgan fingerprint density at radius 3 is 1.25 bits per heavy atom. The normalized spacial score (nSPS) is 7.00. The van der Waals surface area contributed by atoms with Crippen LogP contribution in [0.2, 0.25) is 19.6 Å². The second kappa shape index (κ2) is 24.8. The molecule has 94 valence electrons. The van der Waals surface area contributed by atoms with Crippen molar-refractivity contribution in [2.75, 3.05) is 0 Å². The number of hydrogen-bond donors (Lipinski definition) is 0. The third kappa shape index (κ3) is 85.0. The van der Waals surface area contributed by atoms with Crippen LogP contribution in [0.5, 0.6) is 0 Å². The fourth-order valence-corrected chi connectivity index (χ4v) is 0.321. The first kappa shape index (κ1) is 30.1. The predicted molar refractivity (Wildman–Crippen MR) is 64.8 cm³/mol. The summed E-state index contributed by atoms with van der Waals surface area (Å²) in [5.41, 5.74) is 6.58. The molecule has 16 heavy (non-hydrogen) atoms. The van der Waals surface area contributed by atoms with Gasteiger partial charge in [0.1, 0.15) is 0 Å². The first-order chi connectivity index (χ1) is 5.96. The zero-order valence-electron chi connectivity index (χ0n) is 10.7. The summed E-state index contributed by atoms with van der Waals surface area (Å²) in [6.45, 7) is 10.5. The van der Waals surface area contributed by atoms with E-state index in [-0.39, 0.29) is 58.2 Å². The van der Waals surface area contributed by atoms with Crippen LogP contribution in [0.25, 0.3) is 5.73 Å². The van der Waals surface area contributed by atoms with Crippen molar-refractivity contribution in [1.29, 1.82) is 0 Å². The molecule has 1 rings (SSSR count). The maximum Gasteiger partial charge on any atom is 4.00 e. The van der Waals surface area contributed by atoms with Gasteiger partial charge >= 0.3 is 18.6 Å². The van der Waals surface area contributed by atoms with Crippen molar-refractivity contribution >= 4 is 8.80 Å². The van der Waals surface area contributed by atoms with Crippen molar-refractivity contribution in [2.45, 2.75) is 39.5 Å². The molecule has 0 spiro atoms. The van der Waals surface area contributed by atoms with Crippen LogP contribution < -0.4 is 24.8 Å². The van der Waals surface area contributed by atoms with Crippen LogP contribution in [0, 0.1) is 0 Å². The molecule has 0 bridgehead atoms. The van der Waals surface area contributed by atoms with Gasteiger partial charge in [0, 0.05) is 8.80 Å². The number of nitrogens with one attached hydrogen (secondary N) is 1. The second-order valence-corrected chi connectivity index (χ2v) is 6.62. The molecule has 0 fully saturated rings. The Bertz CT molecular complexity index is 130. The zero-order chi connectivity index (χ0) is 10.7. The zero-order valence-corrected chi connectivity index (χ0v) is 14.6. The van der Waals surface area contributed by atoms with E-state index in [4.69, 9.17) is 5.73 Å². The first-order valence-electron chi connectivity index (χ1n) is 4.61. The molecule has 0 saturated carbocycles. The molecular formula is C11H22Cl2NSiV. The summed E-state index contributed by atoms with van der Waals surface area (Å²) in [6, 6.07) is 10.1. The summed E-state index contributed by atoms with van der Waals surface area (Å²) in [5, 5.41) is 0. The van der Waals surface area contributed by atoms with E-state index >= 15 is 0 Å². The molecule has 0 aliphatic heterocycles. The number of hydrogen-bond acceptors (Lipinski definition) is 0. The van der Waals surface area contributed by atoms with Gasteiger partial charge in [-0.05, 0) is 0 Å². The topological polar surface area (TPSA) is 23.8 Å². The van der Waals surface area contributed by atoms with E-state index in [0.717, 1.165) is 0 Å². The van der Waals surface area contributed by atoms with Crippen LogP contribution in [-0.2, 0) is 18.6 Å². The van der Waals surface area contributed by atoms with Gasteiger partial charge in [0.2, 0.25) is 0 Å². The van der Waals surface area contributed by atoms with Crippen molar-refractivity contribution in [3.05, 3.63) is 36.1 Å². The third-order valence-electron chi connectivity index (χ3n) is 0.556. The summed E-state index contributed by atoms with van der Waals surface area (Å²) in [7, 11) is 0.120. The molecule has 0 aliphatic carbocycles. The van der Waals surface area contributed by atoms with Gasteiger partial charge in [-0.3, -0.25) is 0 Å². The average molecular weight is 318 g/mol. The van der Waals surface area contributed by atoms with Gasteiger partial charge < -0.3 is 30.5 Å². The molecule has 1 aromatic rings. The third-order valence-corrected chi connectivity index (χ3v) is 0.556. The Hall–Kier alpha value is 0.691. The molecule has 1 N–H and O–H groups in total. The molecule has 0 heterocycles. The van der Waals surface area contributed by atoms with E-state index in [1.165, 1.54) is 0 Å². The Balaban J connectivity index is -0.0000000350. The average Bonchev–Trinajstić information content (AvgIpc) is 2.35. The summed E-state index contributed by atoms with van der Waals surface area (Å²) in [4.78, 5) is 0. The monoisotopic (exact) mass is 317 g/mol. The second-order valence-electron chi connectivity index (χ2n) is 3.62. The van der Waals surface area contributed by atoms with Crippen molar-refractivity contribution in [3.63, 3.8) is 0 Å². The Labute approximate surface area is 127 Å². The van der Waals surface area contributed by atoms with Gasteiger partial charge in [0.15, 0.2) is 0 Å². The molecular weight excluding hydrogens is 296 g/mol. The number of halogens is 2. The minimum Gasteiger partial charge on any atom is -1.00 e. The van der Waals surface area contributed by atoms with E-state index in [9.17, 15) is 0 Å². The molecule has 0 atom stereocenters. The van der Waals surface area contributed by atoms with E-state index in [1.807, 2.05) is 44.2 Å². The minimum absolute atomic E-state index is 0. The summed E-state index contributed by atoms with van der Waals surface area (Å²) in [6.07, 6.45) is 0. The smallest absolute Gasteiger partial charge is 1.00 e. The molecule has 0 amide bonds. The Morgan fingerprint density at radius 2 is 1.19 bits per heavy atom. The van der Waals surface area contributed by atoms with Crippen LogP contribution in [0.1, 0.15) is 13.8 Å². The van der Waals surface area contributed by atoms with Crippen molar-refractivity contribution in [1.82, 2.24) is 0 Å². The fourth-order valence-electron chi connectivity index (χ4n) is 0.321. The van der Waals surface area contributed by atoms with Gasteiger partial charge in [-0.25, -0.2) is 12.1 Å². The maximum atomic E-state index is 6.58. The molecule has 0 saturated heterocycles. The maximum absolute atomic E-state index is 6.58. The first-order valence-corrected chi connectivity index (χ1v) is 7.61. The van der Waals surface area contributed by atoms with Gasteiger partial charge in [0.05, 0.1) is 0 Å². The van der Waals surface area contributed by atoms with Gasteiger partial charge in [0.25, 0.3) is 0 Å². The SMILES string of the molecule is CC(C)[NH-].C[Si](C)C.[Cl-].[Cl-].[V+4].c1cc[cH-]c1. The van der Waals surface area contributed by atoms with E-state index in [0.29, 0.717) is 0 Å². The minimum atomic E-state index is 0. The van der Waals surface area contributed by atoms with Crippen LogP contribution in [-0.4, -0.2) is 14.8 Å². The van der Waals surface area contributed by atoms with Crippen molar-refractivity contribution in [2.24, 2.45) is 0 Å². The van der Waals surface area contributed by atoms with Crippen molar-refractivity contribution < 1.29 is 43.4 Å². The molecule has 5 heteroatoms. The van der Waals surface area contributed by atoms with Gasteiger partial charge in [-0.1, -0.05) is 33.5 Å².